The molecule has 5 nitrogen and oxygen atoms in total. The molecule has 1 aromatic carbocycles. The van der Waals surface area contributed by atoms with Gasteiger partial charge in [-0.2, -0.15) is 0 Å². The minimum absolute atomic E-state index is 0.174. The summed E-state index contributed by atoms with van der Waals surface area (Å²) in [5, 5.41) is 2.64. The van der Waals surface area contributed by atoms with Gasteiger partial charge in [0.25, 0.3) is 5.91 Å². The highest BCUT2D eigenvalue weighted by Gasteiger charge is 2.17. The van der Waals surface area contributed by atoms with Crippen molar-refractivity contribution in [2.24, 2.45) is 0 Å². The number of nitrogens with one attached hydrogen (secondary N) is 1. The maximum Gasteiger partial charge on any atom is 0.356 e. The first-order chi connectivity index (χ1) is 10.2. The van der Waals surface area contributed by atoms with Gasteiger partial charge in [0.1, 0.15) is 5.70 Å². The summed E-state index contributed by atoms with van der Waals surface area (Å²) in [6.45, 7) is 1.78. The van der Waals surface area contributed by atoms with Crippen LogP contribution >= 0.6 is 0 Å². The largest absolute Gasteiger partial charge is 0.464 e. The number of hydrogen-bond acceptors (Lipinski definition) is 4. The summed E-state index contributed by atoms with van der Waals surface area (Å²) in [6.07, 6.45) is 5.08. The fourth-order valence-corrected chi connectivity index (χ4v) is 2.26. The molecule has 1 saturated heterocycles. The van der Waals surface area contributed by atoms with Crippen molar-refractivity contribution < 1.29 is 14.3 Å². The van der Waals surface area contributed by atoms with Crippen LogP contribution in [0.5, 0.6) is 0 Å². The molecule has 1 aliphatic rings. The van der Waals surface area contributed by atoms with Crippen molar-refractivity contribution in [1.29, 1.82) is 0 Å². The zero-order valence-corrected chi connectivity index (χ0v) is 12.2. The highest BCUT2D eigenvalue weighted by molar-refractivity contribution is 6.00. The Morgan fingerprint density at radius 2 is 1.81 bits per heavy atom. The first kappa shape index (κ1) is 15.1. The Bertz CT molecular complexity index is 520. The fourth-order valence-electron chi connectivity index (χ4n) is 2.26. The van der Waals surface area contributed by atoms with E-state index in [-0.39, 0.29) is 11.6 Å². The van der Waals surface area contributed by atoms with Crippen LogP contribution < -0.4 is 5.32 Å². The van der Waals surface area contributed by atoms with Gasteiger partial charge in [0.2, 0.25) is 0 Å². The van der Waals surface area contributed by atoms with Gasteiger partial charge >= 0.3 is 5.97 Å². The second kappa shape index (κ2) is 7.47. The van der Waals surface area contributed by atoms with E-state index in [9.17, 15) is 9.59 Å². The molecular formula is C16H20N2O3. The van der Waals surface area contributed by atoms with E-state index in [2.05, 4.69) is 5.32 Å². The van der Waals surface area contributed by atoms with Crippen LogP contribution in [0.1, 0.15) is 29.6 Å². The molecule has 0 aliphatic carbocycles. The van der Waals surface area contributed by atoms with Crippen LogP contribution in [-0.2, 0) is 9.53 Å². The molecule has 1 aromatic rings. The molecule has 1 N–H and O–H groups in total. The molecule has 0 unspecified atom stereocenters. The molecular weight excluding hydrogens is 268 g/mol. The predicted molar refractivity (Wildman–Crippen MR) is 79.4 cm³/mol. The molecule has 0 atom stereocenters. The molecule has 0 aromatic heterocycles. The normalized spacial score (nSPS) is 15.5. The molecule has 5 heteroatoms. The Morgan fingerprint density at radius 1 is 1.14 bits per heavy atom. The van der Waals surface area contributed by atoms with Crippen molar-refractivity contribution in [1.82, 2.24) is 10.2 Å². The molecule has 1 amide bonds. The first-order valence-electron chi connectivity index (χ1n) is 7.11. The maximum absolute atomic E-state index is 12.1. The second-order valence-electron chi connectivity index (χ2n) is 4.95. The minimum atomic E-state index is -0.537. The van der Waals surface area contributed by atoms with Gasteiger partial charge in [-0.15, -0.1) is 0 Å². The van der Waals surface area contributed by atoms with E-state index in [0.29, 0.717) is 5.56 Å². The smallest absolute Gasteiger partial charge is 0.356 e. The summed E-state index contributed by atoms with van der Waals surface area (Å²) in [6, 6.07) is 8.79. The Balaban J connectivity index is 2.11. The van der Waals surface area contributed by atoms with E-state index < -0.39 is 5.97 Å². The molecule has 0 spiro atoms. The molecule has 1 heterocycles. The number of rotatable bonds is 4. The van der Waals surface area contributed by atoms with Crippen LogP contribution in [0.3, 0.4) is 0 Å². The van der Waals surface area contributed by atoms with Gasteiger partial charge in [-0.1, -0.05) is 18.2 Å². The molecule has 112 valence electrons. The van der Waals surface area contributed by atoms with E-state index >= 15 is 0 Å². The van der Waals surface area contributed by atoms with Crippen LogP contribution in [0.15, 0.2) is 42.2 Å². The highest BCUT2D eigenvalue weighted by Crippen LogP contribution is 2.11. The highest BCUT2D eigenvalue weighted by atomic mass is 16.5. The van der Waals surface area contributed by atoms with Crippen LogP contribution in [0, 0.1) is 0 Å². The van der Waals surface area contributed by atoms with E-state index in [0.717, 1.165) is 25.9 Å². The molecule has 21 heavy (non-hydrogen) atoms. The van der Waals surface area contributed by atoms with E-state index in [1.807, 2.05) is 11.0 Å². The monoisotopic (exact) mass is 288 g/mol. The lowest BCUT2D eigenvalue weighted by Gasteiger charge is -2.25. The summed E-state index contributed by atoms with van der Waals surface area (Å²) < 4.78 is 4.74. The summed E-state index contributed by atoms with van der Waals surface area (Å²) in [4.78, 5) is 26.0. The lowest BCUT2D eigenvalue weighted by molar-refractivity contribution is -0.136. The van der Waals surface area contributed by atoms with Crippen LogP contribution in [0.4, 0.5) is 0 Å². The lowest BCUT2D eigenvalue weighted by atomic mass is 10.1. The van der Waals surface area contributed by atoms with Gasteiger partial charge in [0.15, 0.2) is 0 Å². The van der Waals surface area contributed by atoms with Crippen LogP contribution in [-0.4, -0.2) is 37.0 Å². The number of carbonyl (C=O) groups is 2. The lowest BCUT2D eigenvalue weighted by Crippen LogP contribution is -2.32. The van der Waals surface area contributed by atoms with Gasteiger partial charge in [0, 0.05) is 24.9 Å². The Morgan fingerprint density at radius 3 is 2.43 bits per heavy atom. The van der Waals surface area contributed by atoms with Crippen LogP contribution in [0.25, 0.3) is 0 Å². The summed E-state index contributed by atoms with van der Waals surface area (Å²) in [7, 11) is 1.31. The van der Waals surface area contributed by atoms with Crippen molar-refractivity contribution in [2.75, 3.05) is 20.2 Å². The van der Waals surface area contributed by atoms with Crippen molar-refractivity contribution in [3.05, 3.63) is 47.8 Å². The summed E-state index contributed by atoms with van der Waals surface area (Å²) in [5.41, 5.74) is 0.680. The number of methoxy groups -OCH3 is 1. The van der Waals surface area contributed by atoms with E-state index in [4.69, 9.17) is 4.74 Å². The van der Waals surface area contributed by atoms with Crippen LogP contribution in [0.2, 0.25) is 0 Å². The Hall–Kier alpha value is -2.30. The SMILES string of the molecule is COC(=O)C(=CN1CCCCC1)NC(=O)c1ccccc1. The molecule has 2 rings (SSSR count). The maximum atomic E-state index is 12.1. The summed E-state index contributed by atoms with van der Waals surface area (Å²) in [5.74, 6) is -0.853. The number of ether oxygens (including phenoxy) is 1. The average molecular weight is 288 g/mol. The quantitative estimate of drug-likeness (QED) is 0.679. The Labute approximate surface area is 124 Å². The number of esters is 1. The number of nitrogens with zero attached hydrogens (tertiary/aromatic N) is 1. The molecule has 0 bridgehead atoms. The minimum Gasteiger partial charge on any atom is -0.464 e. The Kier molecular flexibility index (Phi) is 5.37. The van der Waals surface area contributed by atoms with Gasteiger partial charge in [-0.25, -0.2) is 4.79 Å². The third kappa shape index (κ3) is 4.34. The van der Waals surface area contributed by atoms with Crippen molar-refractivity contribution in [3.8, 4) is 0 Å². The van der Waals surface area contributed by atoms with Crippen molar-refractivity contribution in [2.45, 2.75) is 19.3 Å². The van der Waals surface area contributed by atoms with E-state index in [1.165, 1.54) is 13.5 Å². The molecule has 0 radical (unpaired) electrons. The van der Waals surface area contributed by atoms with E-state index in [1.54, 1.807) is 30.5 Å². The van der Waals surface area contributed by atoms with Gasteiger partial charge < -0.3 is 15.0 Å². The molecule has 1 fully saturated rings. The summed E-state index contributed by atoms with van der Waals surface area (Å²) >= 11 is 0. The second-order valence-corrected chi connectivity index (χ2v) is 4.95. The van der Waals surface area contributed by atoms with Crippen molar-refractivity contribution >= 4 is 11.9 Å². The molecule has 0 saturated carbocycles. The number of benzene rings is 1. The first-order valence-corrected chi connectivity index (χ1v) is 7.11. The number of carbonyl (C=O) groups excluding carboxylic acids is 2. The number of hydrogen-bond donors (Lipinski definition) is 1. The van der Waals surface area contributed by atoms with Gasteiger partial charge in [0.05, 0.1) is 7.11 Å². The van der Waals surface area contributed by atoms with Crippen molar-refractivity contribution in [3.63, 3.8) is 0 Å². The van der Waals surface area contributed by atoms with Gasteiger partial charge in [-0.05, 0) is 31.4 Å². The number of likely N-dealkylation sites (tertiary alicyclic amines) is 1. The number of amides is 1. The third-order valence-electron chi connectivity index (χ3n) is 3.39. The number of piperidine rings is 1. The average Bonchev–Trinajstić information content (AvgIpc) is 2.55. The standard InChI is InChI=1S/C16H20N2O3/c1-21-16(20)14(12-18-10-6-3-7-11-18)17-15(19)13-8-4-2-5-9-13/h2,4-5,8-9,12H,3,6-7,10-11H2,1H3,(H,17,19). The third-order valence-corrected chi connectivity index (χ3v) is 3.39. The van der Waals surface area contributed by atoms with Gasteiger partial charge in [-0.3, -0.25) is 4.79 Å². The predicted octanol–water partition coefficient (Wildman–Crippen LogP) is 1.92. The fraction of sp³-hybridized carbons (Fsp3) is 0.375. The zero-order valence-electron chi connectivity index (χ0n) is 12.2. The zero-order chi connectivity index (χ0) is 15.1. The topological polar surface area (TPSA) is 58.6 Å². The molecule has 1 aliphatic heterocycles.